The van der Waals surface area contributed by atoms with Gasteiger partial charge in [0.2, 0.25) is 0 Å². The molecule has 0 bridgehead atoms. The molecule has 0 aliphatic heterocycles. The molecule has 4 nitrogen and oxygen atoms in total. The summed E-state index contributed by atoms with van der Waals surface area (Å²) in [5.74, 6) is -0.307. The van der Waals surface area contributed by atoms with Gasteiger partial charge in [-0.3, -0.25) is 4.79 Å². The molecular weight excluding hydrogens is 266 g/mol. The first-order chi connectivity index (χ1) is 8.59. The molecule has 0 aromatic carbocycles. The predicted molar refractivity (Wildman–Crippen MR) is 76.2 cm³/mol. The molecule has 2 atom stereocenters. The molecule has 0 saturated heterocycles. The van der Waals surface area contributed by atoms with Crippen LogP contribution in [0.1, 0.15) is 32.1 Å². The molecule has 0 saturated carbocycles. The monoisotopic (exact) mass is 287 g/mol. The zero-order valence-corrected chi connectivity index (χ0v) is 12.3. The number of carbonyl (C=O) groups is 1. The van der Waals surface area contributed by atoms with Crippen LogP contribution in [0.15, 0.2) is 23.3 Å². The number of carbonyl (C=O) groups excluding carboxylic acids is 1. The van der Waals surface area contributed by atoms with Crippen molar-refractivity contribution in [2.45, 2.75) is 43.7 Å². The molecule has 0 radical (unpaired) electrons. The summed E-state index contributed by atoms with van der Waals surface area (Å²) >= 11 is 0. The Bertz CT molecular complexity index is 405. The minimum absolute atomic E-state index is 0. The minimum Gasteiger partial charge on any atom is -0.468 e. The van der Waals surface area contributed by atoms with Gasteiger partial charge in [0.25, 0.3) is 0 Å². The lowest BCUT2D eigenvalue weighted by molar-refractivity contribution is -0.147. The fraction of sp³-hybridized carbons (Fsp3) is 0.643. The molecule has 2 rings (SSSR count). The van der Waals surface area contributed by atoms with E-state index in [-0.39, 0.29) is 24.5 Å². The van der Waals surface area contributed by atoms with Crippen molar-refractivity contribution >= 4 is 18.4 Å². The standard InChI is InChI=1S/C14H21NO3.ClH/c1-17-12-6-5-11-9-14(15,13(16)18-2)7-3-4-10(11)8-12;/h5-6,12H,3-4,7-9,15H2,1-2H3;1H. The molecule has 0 amide bonds. The quantitative estimate of drug-likeness (QED) is 0.790. The molecule has 2 unspecified atom stereocenters. The molecule has 2 aliphatic carbocycles. The molecule has 0 heterocycles. The Morgan fingerprint density at radius 3 is 2.84 bits per heavy atom. The van der Waals surface area contributed by atoms with E-state index in [2.05, 4.69) is 6.08 Å². The molecule has 0 fully saturated rings. The summed E-state index contributed by atoms with van der Waals surface area (Å²) in [5.41, 5.74) is 7.91. The highest BCUT2D eigenvalue weighted by Gasteiger charge is 2.38. The fourth-order valence-corrected chi connectivity index (χ4v) is 2.81. The zero-order valence-electron chi connectivity index (χ0n) is 11.5. The highest BCUT2D eigenvalue weighted by Crippen LogP contribution is 2.35. The largest absolute Gasteiger partial charge is 0.468 e. The number of nitrogens with two attached hydrogens (primary N) is 1. The van der Waals surface area contributed by atoms with Gasteiger partial charge in [0.15, 0.2) is 0 Å². The molecule has 5 heteroatoms. The maximum absolute atomic E-state index is 11.8. The van der Waals surface area contributed by atoms with E-state index in [1.54, 1.807) is 7.11 Å². The summed E-state index contributed by atoms with van der Waals surface area (Å²) in [4.78, 5) is 11.8. The van der Waals surface area contributed by atoms with Crippen molar-refractivity contribution in [2.24, 2.45) is 5.73 Å². The van der Waals surface area contributed by atoms with Crippen molar-refractivity contribution in [3.05, 3.63) is 23.3 Å². The summed E-state index contributed by atoms with van der Waals surface area (Å²) in [7, 11) is 3.12. The summed E-state index contributed by atoms with van der Waals surface area (Å²) in [5, 5.41) is 0. The summed E-state index contributed by atoms with van der Waals surface area (Å²) < 4.78 is 10.2. The van der Waals surface area contributed by atoms with E-state index >= 15 is 0 Å². The van der Waals surface area contributed by atoms with Crippen molar-refractivity contribution in [2.75, 3.05) is 14.2 Å². The maximum Gasteiger partial charge on any atom is 0.326 e. The average Bonchev–Trinajstić information content (AvgIpc) is 2.55. The highest BCUT2D eigenvalue weighted by atomic mass is 35.5. The first-order valence-electron chi connectivity index (χ1n) is 6.38. The number of hydrogen-bond donors (Lipinski definition) is 1. The Kier molecular flexibility index (Phi) is 5.59. The Labute approximate surface area is 120 Å². The number of rotatable bonds is 2. The zero-order chi connectivity index (χ0) is 13.2. The Hall–Kier alpha value is -0.840. The normalized spacial score (nSPS) is 30.2. The van der Waals surface area contributed by atoms with Crippen LogP contribution in [-0.2, 0) is 14.3 Å². The molecule has 0 aromatic rings. The second-order valence-electron chi connectivity index (χ2n) is 5.14. The van der Waals surface area contributed by atoms with Gasteiger partial charge in [0, 0.05) is 13.5 Å². The minimum atomic E-state index is -0.865. The lowest BCUT2D eigenvalue weighted by Gasteiger charge is -2.26. The van der Waals surface area contributed by atoms with Gasteiger partial charge >= 0.3 is 5.97 Å². The number of allylic oxidation sites excluding steroid dienone is 1. The summed E-state index contributed by atoms with van der Waals surface area (Å²) in [6.45, 7) is 0. The first kappa shape index (κ1) is 16.2. The van der Waals surface area contributed by atoms with E-state index in [1.165, 1.54) is 18.3 Å². The predicted octanol–water partition coefficient (Wildman–Crippen LogP) is 2.12. The van der Waals surface area contributed by atoms with E-state index in [0.29, 0.717) is 12.8 Å². The number of hydrogen-bond acceptors (Lipinski definition) is 4. The van der Waals surface area contributed by atoms with Gasteiger partial charge < -0.3 is 15.2 Å². The van der Waals surface area contributed by atoms with Gasteiger partial charge in [-0.15, -0.1) is 12.4 Å². The Morgan fingerprint density at radius 1 is 1.47 bits per heavy atom. The first-order valence-corrected chi connectivity index (χ1v) is 6.38. The average molecular weight is 288 g/mol. The Balaban J connectivity index is 0.00000180. The van der Waals surface area contributed by atoms with Crippen LogP contribution in [0.25, 0.3) is 0 Å². The highest BCUT2D eigenvalue weighted by molar-refractivity contribution is 5.85. The Morgan fingerprint density at radius 2 is 2.21 bits per heavy atom. The van der Waals surface area contributed by atoms with Gasteiger partial charge in [-0.05, 0) is 31.3 Å². The van der Waals surface area contributed by atoms with E-state index in [4.69, 9.17) is 15.2 Å². The van der Waals surface area contributed by atoms with E-state index < -0.39 is 5.54 Å². The fourth-order valence-electron chi connectivity index (χ4n) is 2.81. The van der Waals surface area contributed by atoms with Crippen LogP contribution in [0.2, 0.25) is 0 Å². The van der Waals surface area contributed by atoms with Crippen LogP contribution in [0, 0.1) is 0 Å². The summed E-state index contributed by atoms with van der Waals surface area (Å²) in [6, 6.07) is 0. The molecule has 108 valence electrons. The van der Waals surface area contributed by atoms with E-state index in [0.717, 1.165) is 19.3 Å². The van der Waals surface area contributed by atoms with Crippen molar-refractivity contribution < 1.29 is 14.3 Å². The van der Waals surface area contributed by atoms with Crippen LogP contribution >= 0.6 is 12.4 Å². The van der Waals surface area contributed by atoms with Gasteiger partial charge in [0.1, 0.15) is 5.54 Å². The van der Waals surface area contributed by atoms with E-state index in [9.17, 15) is 4.79 Å². The maximum atomic E-state index is 11.8. The van der Waals surface area contributed by atoms with Crippen LogP contribution in [-0.4, -0.2) is 31.8 Å². The molecular formula is C14H22ClNO3. The van der Waals surface area contributed by atoms with Crippen LogP contribution < -0.4 is 5.73 Å². The van der Waals surface area contributed by atoms with Crippen molar-refractivity contribution in [3.63, 3.8) is 0 Å². The van der Waals surface area contributed by atoms with E-state index in [1.807, 2.05) is 6.08 Å². The smallest absolute Gasteiger partial charge is 0.326 e. The second-order valence-corrected chi connectivity index (χ2v) is 5.14. The van der Waals surface area contributed by atoms with Crippen molar-refractivity contribution in [1.29, 1.82) is 0 Å². The lowest BCUT2D eigenvalue weighted by Crippen LogP contribution is -2.48. The molecule has 2 aliphatic rings. The third-order valence-electron chi connectivity index (χ3n) is 3.92. The van der Waals surface area contributed by atoms with Crippen LogP contribution in [0.5, 0.6) is 0 Å². The van der Waals surface area contributed by atoms with Crippen molar-refractivity contribution in [3.8, 4) is 0 Å². The third-order valence-corrected chi connectivity index (χ3v) is 3.92. The van der Waals surface area contributed by atoms with Crippen molar-refractivity contribution in [1.82, 2.24) is 0 Å². The van der Waals surface area contributed by atoms with Gasteiger partial charge in [-0.2, -0.15) is 0 Å². The van der Waals surface area contributed by atoms with Gasteiger partial charge in [0.05, 0.1) is 13.2 Å². The lowest BCUT2D eigenvalue weighted by atomic mass is 9.86. The van der Waals surface area contributed by atoms with Crippen LogP contribution in [0.3, 0.4) is 0 Å². The number of ether oxygens (including phenoxy) is 2. The third kappa shape index (κ3) is 3.38. The molecule has 0 spiro atoms. The topological polar surface area (TPSA) is 61.5 Å². The van der Waals surface area contributed by atoms with Gasteiger partial charge in [-0.1, -0.05) is 17.7 Å². The van der Waals surface area contributed by atoms with Gasteiger partial charge in [-0.25, -0.2) is 0 Å². The number of esters is 1. The SMILES string of the molecule is COC(=O)C1(N)CCCC2=C(C=CC(OC)C2)C1.Cl. The molecule has 0 aromatic heterocycles. The molecule has 19 heavy (non-hydrogen) atoms. The summed E-state index contributed by atoms with van der Waals surface area (Å²) in [6.07, 6.45) is 8.35. The molecule has 2 N–H and O–H groups in total. The van der Waals surface area contributed by atoms with Crippen LogP contribution in [0.4, 0.5) is 0 Å². The second kappa shape index (κ2) is 6.55. The number of methoxy groups -OCH3 is 2. The number of halogens is 1.